The van der Waals surface area contributed by atoms with Gasteiger partial charge in [0.1, 0.15) is 11.5 Å². The third kappa shape index (κ3) is 3.15. The Balaban J connectivity index is 1.59. The number of hydrogen-bond acceptors (Lipinski definition) is 5. The summed E-state index contributed by atoms with van der Waals surface area (Å²) in [7, 11) is 0. The zero-order valence-corrected chi connectivity index (χ0v) is 14.3. The summed E-state index contributed by atoms with van der Waals surface area (Å²) < 4.78 is 2.21. The molecule has 1 aromatic heterocycles. The van der Waals surface area contributed by atoms with Crippen molar-refractivity contribution in [1.82, 2.24) is 14.8 Å². The fraction of sp³-hybridized carbons (Fsp3) is 0.263. The first-order valence-corrected chi connectivity index (χ1v) is 8.75. The van der Waals surface area contributed by atoms with Crippen molar-refractivity contribution in [1.29, 1.82) is 0 Å². The molecule has 0 spiro atoms. The first-order chi connectivity index (χ1) is 12.7. The number of nitro benzene ring substituents is 1. The smallest absolute Gasteiger partial charge is 0.292 e. The Bertz CT molecular complexity index is 933. The first-order valence-electron chi connectivity index (χ1n) is 8.75. The number of nitrogens with one attached hydrogen (secondary N) is 1. The van der Waals surface area contributed by atoms with Crippen molar-refractivity contribution < 1.29 is 4.92 Å². The largest absolute Gasteiger partial charge is 0.350 e. The van der Waals surface area contributed by atoms with E-state index in [1.165, 1.54) is 12.5 Å². The summed E-state index contributed by atoms with van der Waals surface area (Å²) in [5.74, 6) is 1.94. The molecule has 26 heavy (non-hydrogen) atoms. The van der Waals surface area contributed by atoms with E-state index in [1.807, 2.05) is 24.3 Å². The molecular weight excluding hydrogens is 330 g/mol. The van der Waals surface area contributed by atoms with E-state index in [-0.39, 0.29) is 10.6 Å². The van der Waals surface area contributed by atoms with Gasteiger partial charge in [-0.25, -0.2) is 0 Å². The number of aromatic nitrogens is 3. The van der Waals surface area contributed by atoms with Gasteiger partial charge in [-0.15, -0.1) is 10.2 Å². The lowest BCUT2D eigenvalue weighted by Crippen LogP contribution is -2.03. The summed E-state index contributed by atoms with van der Waals surface area (Å²) in [5, 5.41) is 22.9. The Hall–Kier alpha value is -3.22. The molecule has 1 aliphatic heterocycles. The molecule has 7 heteroatoms. The molecule has 1 aliphatic rings. The minimum absolute atomic E-state index is 0.0550. The molecule has 0 atom stereocenters. The van der Waals surface area contributed by atoms with E-state index in [0.717, 1.165) is 48.7 Å². The van der Waals surface area contributed by atoms with Crippen molar-refractivity contribution >= 4 is 17.1 Å². The molecule has 0 fully saturated rings. The third-order valence-electron chi connectivity index (χ3n) is 4.63. The fourth-order valence-electron chi connectivity index (χ4n) is 3.30. The maximum atomic E-state index is 11.1. The van der Waals surface area contributed by atoms with Crippen LogP contribution in [0.4, 0.5) is 17.1 Å². The van der Waals surface area contributed by atoms with Gasteiger partial charge in [0.05, 0.1) is 4.92 Å². The highest BCUT2D eigenvalue weighted by molar-refractivity contribution is 5.71. The van der Waals surface area contributed by atoms with Gasteiger partial charge in [-0.05, 0) is 43.2 Å². The van der Waals surface area contributed by atoms with Gasteiger partial charge in [0, 0.05) is 30.3 Å². The molecule has 7 nitrogen and oxygen atoms in total. The van der Waals surface area contributed by atoms with Gasteiger partial charge < -0.3 is 9.88 Å². The van der Waals surface area contributed by atoms with Crippen molar-refractivity contribution in [3.05, 3.63) is 64.5 Å². The van der Waals surface area contributed by atoms with Crippen LogP contribution in [0.15, 0.2) is 48.5 Å². The monoisotopic (exact) mass is 349 g/mol. The number of anilines is 2. The zero-order valence-electron chi connectivity index (χ0n) is 14.3. The van der Waals surface area contributed by atoms with E-state index < -0.39 is 0 Å². The summed E-state index contributed by atoms with van der Waals surface area (Å²) in [6, 6.07) is 14.4. The molecule has 2 aromatic carbocycles. The number of benzene rings is 2. The molecule has 4 rings (SSSR count). The molecule has 132 valence electrons. The van der Waals surface area contributed by atoms with Gasteiger partial charge in [0.15, 0.2) is 5.82 Å². The normalized spacial score (nSPS) is 13.7. The van der Waals surface area contributed by atoms with Crippen LogP contribution in [0.25, 0.3) is 11.4 Å². The molecule has 0 amide bonds. The third-order valence-corrected chi connectivity index (χ3v) is 4.63. The van der Waals surface area contributed by atoms with Gasteiger partial charge in [-0.1, -0.05) is 18.6 Å². The summed E-state index contributed by atoms with van der Waals surface area (Å²) in [6.07, 6.45) is 4.51. The highest BCUT2D eigenvalue weighted by atomic mass is 16.6. The quantitative estimate of drug-likeness (QED) is 0.560. The minimum Gasteiger partial charge on any atom is -0.350 e. The van der Waals surface area contributed by atoms with E-state index in [0.29, 0.717) is 5.69 Å². The Morgan fingerprint density at radius 2 is 1.81 bits per heavy atom. The molecular formula is C19H19N5O2. The fourth-order valence-corrected chi connectivity index (χ4v) is 3.30. The van der Waals surface area contributed by atoms with Gasteiger partial charge >= 0.3 is 0 Å². The molecule has 3 aromatic rings. The maximum absolute atomic E-state index is 11.1. The lowest BCUT2D eigenvalue weighted by molar-refractivity contribution is -0.383. The maximum Gasteiger partial charge on any atom is 0.292 e. The molecule has 0 radical (unpaired) electrons. The number of hydrogen-bond donors (Lipinski definition) is 1. The van der Waals surface area contributed by atoms with E-state index in [9.17, 15) is 10.1 Å². The molecule has 0 saturated heterocycles. The number of rotatable bonds is 4. The van der Waals surface area contributed by atoms with Crippen molar-refractivity contribution in [2.75, 3.05) is 5.32 Å². The Kier molecular flexibility index (Phi) is 4.35. The van der Waals surface area contributed by atoms with Gasteiger partial charge in [-0.2, -0.15) is 0 Å². The predicted molar refractivity (Wildman–Crippen MR) is 99.4 cm³/mol. The zero-order chi connectivity index (χ0) is 17.9. The van der Waals surface area contributed by atoms with Crippen LogP contribution in [-0.2, 0) is 13.0 Å². The SMILES string of the molecule is O=[N+]([O-])c1ccccc1Nc1ccc(-c2nnc3n2CCCCC3)cc1. The number of nitro groups is 1. The van der Waals surface area contributed by atoms with E-state index >= 15 is 0 Å². The van der Waals surface area contributed by atoms with Crippen LogP contribution in [0, 0.1) is 10.1 Å². The first kappa shape index (κ1) is 16.3. The number of fused-ring (bicyclic) bond motifs is 1. The van der Waals surface area contributed by atoms with Crippen molar-refractivity contribution in [3.8, 4) is 11.4 Å². The molecule has 2 heterocycles. The van der Waals surface area contributed by atoms with Crippen molar-refractivity contribution in [3.63, 3.8) is 0 Å². The molecule has 0 unspecified atom stereocenters. The van der Waals surface area contributed by atoms with Crippen LogP contribution in [0.3, 0.4) is 0 Å². The number of aryl methyl sites for hydroxylation is 1. The highest BCUT2D eigenvalue weighted by Crippen LogP contribution is 2.29. The Morgan fingerprint density at radius 3 is 2.62 bits per heavy atom. The second kappa shape index (κ2) is 6.95. The van der Waals surface area contributed by atoms with Gasteiger partial charge in [0.2, 0.25) is 0 Å². The Morgan fingerprint density at radius 1 is 1.00 bits per heavy atom. The standard InChI is InChI=1S/C19H19N5O2/c25-24(26)17-7-4-3-6-16(17)20-15-11-9-14(10-12-15)19-22-21-18-8-2-1-5-13-23(18)19/h3-4,6-7,9-12,20H,1-2,5,8,13H2. The molecule has 0 saturated carbocycles. The lowest BCUT2D eigenvalue weighted by atomic mass is 10.1. The second-order valence-electron chi connectivity index (χ2n) is 6.38. The number of para-hydroxylation sites is 2. The average molecular weight is 349 g/mol. The van der Waals surface area contributed by atoms with Crippen LogP contribution in [0.5, 0.6) is 0 Å². The predicted octanol–water partition coefficient (Wildman–Crippen LogP) is 4.32. The summed E-state index contributed by atoms with van der Waals surface area (Å²) >= 11 is 0. The van der Waals surface area contributed by atoms with Crippen LogP contribution in [0.2, 0.25) is 0 Å². The van der Waals surface area contributed by atoms with Crippen LogP contribution in [0.1, 0.15) is 25.1 Å². The van der Waals surface area contributed by atoms with Crippen molar-refractivity contribution in [2.45, 2.75) is 32.2 Å². The molecule has 1 N–H and O–H groups in total. The summed E-state index contributed by atoms with van der Waals surface area (Å²) in [6.45, 7) is 0.952. The molecule has 0 bridgehead atoms. The van der Waals surface area contributed by atoms with E-state index in [4.69, 9.17) is 0 Å². The Labute approximate surface area is 150 Å². The van der Waals surface area contributed by atoms with Crippen molar-refractivity contribution in [2.24, 2.45) is 0 Å². The highest BCUT2D eigenvalue weighted by Gasteiger charge is 2.16. The average Bonchev–Trinajstić information content (AvgIpc) is 2.91. The lowest BCUT2D eigenvalue weighted by Gasteiger charge is -2.09. The van der Waals surface area contributed by atoms with E-state index in [1.54, 1.807) is 18.2 Å². The number of nitrogens with zero attached hydrogens (tertiary/aromatic N) is 4. The van der Waals surface area contributed by atoms with Crippen LogP contribution < -0.4 is 5.32 Å². The van der Waals surface area contributed by atoms with Crippen LogP contribution in [-0.4, -0.2) is 19.7 Å². The van der Waals surface area contributed by atoms with Gasteiger partial charge in [-0.3, -0.25) is 10.1 Å². The topological polar surface area (TPSA) is 85.9 Å². The summed E-state index contributed by atoms with van der Waals surface area (Å²) in [5.41, 5.74) is 2.32. The van der Waals surface area contributed by atoms with E-state index in [2.05, 4.69) is 20.1 Å². The van der Waals surface area contributed by atoms with Crippen LogP contribution >= 0.6 is 0 Å². The van der Waals surface area contributed by atoms with Gasteiger partial charge in [0.25, 0.3) is 5.69 Å². The second-order valence-corrected chi connectivity index (χ2v) is 6.38. The molecule has 0 aliphatic carbocycles. The summed E-state index contributed by atoms with van der Waals surface area (Å²) in [4.78, 5) is 10.7. The minimum atomic E-state index is -0.387.